The Labute approximate surface area is 62.6 Å². The maximum atomic E-state index is 12.4. The summed E-state index contributed by atoms with van der Waals surface area (Å²) < 4.78 is 24.8. The van der Waals surface area contributed by atoms with Gasteiger partial charge in [0.15, 0.2) is 0 Å². The first kappa shape index (κ1) is 8.23. The second-order valence-corrected chi connectivity index (χ2v) is 2.61. The lowest BCUT2D eigenvalue weighted by Crippen LogP contribution is -2.48. The average molecular weight is 164 g/mol. The zero-order valence-corrected chi connectivity index (χ0v) is 5.85. The van der Waals surface area contributed by atoms with E-state index < -0.39 is 12.0 Å². The summed E-state index contributed by atoms with van der Waals surface area (Å²) in [6, 6.07) is 0. The molecule has 0 aromatic heterocycles. The molecular weight excluding hydrogens is 156 g/mol. The Balaban J connectivity index is 2.42. The van der Waals surface area contributed by atoms with Crippen LogP contribution in [-0.4, -0.2) is 30.0 Å². The number of carboxylic acid groups (broad SMARTS) is 1. The largest absolute Gasteiger partial charge is 0.530 e. The van der Waals surface area contributed by atoms with Gasteiger partial charge in [0.1, 0.15) is 6.09 Å². The summed E-state index contributed by atoms with van der Waals surface area (Å²) in [7, 11) is 0. The van der Waals surface area contributed by atoms with E-state index in [1.165, 1.54) is 0 Å². The topological polar surface area (TPSA) is 43.4 Å². The minimum atomic E-state index is -2.69. The Kier molecular flexibility index (Phi) is 1.97. The molecule has 0 bridgehead atoms. The zero-order valence-electron chi connectivity index (χ0n) is 5.85. The van der Waals surface area contributed by atoms with Gasteiger partial charge in [-0.2, -0.15) is 0 Å². The summed E-state index contributed by atoms with van der Waals surface area (Å²) >= 11 is 0. The van der Waals surface area contributed by atoms with Gasteiger partial charge in [-0.25, -0.2) is 8.78 Å². The van der Waals surface area contributed by atoms with Crippen molar-refractivity contribution in [3.8, 4) is 0 Å². The van der Waals surface area contributed by atoms with E-state index >= 15 is 0 Å². The van der Waals surface area contributed by atoms with Gasteiger partial charge in [0.25, 0.3) is 5.92 Å². The monoisotopic (exact) mass is 164 g/mol. The van der Waals surface area contributed by atoms with E-state index in [4.69, 9.17) is 0 Å². The number of piperidine rings is 1. The molecule has 5 heteroatoms. The average Bonchev–Trinajstić information content (AvgIpc) is 1.86. The van der Waals surface area contributed by atoms with E-state index in [2.05, 4.69) is 0 Å². The number of hydrogen-bond acceptors (Lipinski definition) is 2. The van der Waals surface area contributed by atoms with E-state index in [9.17, 15) is 18.7 Å². The molecule has 1 amide bonds. The minimum Gasteiger partial charge on any atom is -0.530 e. The SMILES string of the molecule is O=C([O-])N1CCC(F)(F)CC1. The molecule has 0 aliphatic carbocycles. The maximum Gasteiger partial charge on any atom is 0.251 e. The number of likely N-dealkylation sites (tertiary alicyclic amines) is 1. The highest BCUT2D eigenvalue weighted by molar-refractivity contribution is 5.62. The standard InChI is InChI=1S/C6H9F2NO2/c7-6(8)1-3-9(4-2-6)5(10)11/h1-4H2,(H,10,11)/p-1. The van der Waals surface area contributed by atoms with Gasteiger partial charge in [-0.3, -0.25) is 0 Å². The van der Waals surface area contributed by atoms with Crippen molar-refractivity contribution in [3.05, 3.63) is 0 Å². The molecule has 0 aromatic carbocycles. The van der Waals surface area contributed by atoms with Crippen LogP contribution in [0.4, 0.5) is 13.6 Å². The van der Waals surface area contributed by atoms with Gasteiger partial charge in [-0.05, 0) is 0 Å². The van der Waals surface area contributed by atoms with Gasteiger partial charge in [0.05, 0.1) is 0 Å². The summed E-state index contributed by atoms with van der Waals surface area (Å²) in [5.74, 6) is -2.69. The van der Waals surface area contributed by atoms with Crippen LogP contribution in [0.3, 0.4) is 0 Å². The number of halogens is 2. The fourth-order valence-corrected chi connectivity index (χ4v) is 1.02. The molecule has 0 N–H and O–H groups in total. The van der Waals surface area contributed by atoms with Gasteiger partial charge in [-0.15, -0.1) is 0 Å². The molecule has 0 radical (unpaired) electrons. The van der Waals surface area contributed by atoms with Crippen molar-refractivity contribution in [2.75, 3.05) is 13.1 Å². The lowest BCUT2D eigenvalue weighted by molar-refractivity contribution is -0.268. The summed E-state index contributed by atoms with van der Waals surface area (Å²) in [5, 5.41) is 10.1. The van der Waals surface area contributed by atoms with Crippen LogP contribution in [-0.2, 0) is 0 Å². The van der Waals surface area contributed by atoms with Crippen LogP contribution in [0.2, 0.25) is 0 Å². The molecule has 0 unspecified atom stereocenters. The van der Waals surface area contributed by atoms with Crippen molar-refractivity contribution in [1.29, 1.82) is 0 Å². The highest BCUT2D eigenvalue weighted by Gasteiger charge is 2.33. The lowest BCUT2D eigenvalue weighted by Gasteiger charge is -2.33. The fourth-order valence-electron chi connectivity index (χ4n) is 1.02. The van der Waals surface area contributed by atoms with E-state index in [0.717, 1.165) is 4.90 Å². The third-order valence-electron chi connectivity index (χ3n) is 1.75. The van der Waals surface area contributed by atoms with Gasteiger partial charge >= 0.3 is 0 Å². The second-order valence-electron chi connectivity index (χ2n) is 2.61. The highest BCUT2D eigenvalue weighted by atomic mass is 19.3. The molecule has 0 saturated carbocycles. The number of carbonyl (C=O) groups is 1. The number of amides is 1. The molecule has 1 heterocycles. The van der Waals surface area contributed by atoms with Crippen LogP contribution in [0.1, 0.15) is 12.8 Å². The second kappa shape index (κ2) is 2.64. The Hall–Kier alpha value is -0.870. The van der Waals surface area contributed by atoms with Gasteiger partial charge in [0, 0.05) is 25.9 Å². The van der Waals surface area contributed by atoms with Crippen LogP contribution in [0, 0.1) is 0 Å². The number of nitrogens with zero attached hydrogens (tertiary/aromatic N) is 1. The van der Waals surface area contributed by atoms with Gasteiger partial charge in [-0.1, -0.05) is 0 Å². The molecule has 11 heavy (non-hydrogen) atoms. The Morgan fingerprint density at radius 2 is 1.82 bits per heavy atom. The highest BCUT2D eigenvalue weighted by Crippen LogP contribution is 2.27. The Bertz CT molecular complexity index is 162. The minimum absolute atomic E-state index is 0.116. The first-order chi connectivity index (χ1) is 5.01. The van der Waals surface area contributed by atoms with Gasteiger partial charge in [0.2, 0.25) is 0 Å². The molecule has 1 rings (SSSR count). The van der Waals surface area contributed by atoms with Crippen molar-refractivity contribution in [3.63, 3.8) is 0 Å². The molecule has 1 fully saturated rings. The Morgan fingerprint density at radius 3 is 2.18 bits per heavy atom. The molecule has 1 aliphatic rings. The molecule has 3 nitrogen and oxygen atoms in total. The van der Waals surface area contributed by atoms with Gasteiger partial charge < -0.3 is 14.8 Å². The predicted molar refractivity (Wildman–Crippen MR) is 31.1 cm³/mol. The number of carbonyl (C=O) groups excluding carboxylic acids is 1. The quantitative estimate of drug-likeness (QED) is 0.508. The van der Waals surface area contributed by atoms with Crippen molar-refractivity contribution in [2.45, 2.75) is 18.8 Å². The van der Waals surface area contributed by atoms with Crippen molar-refractivity contribution in [2.24, 2.45) is 0 Å². The Morgan fingerprint density at radius 1 is 1.36 bits per heavy atom. The van der Waals surface area contributed by atoms with E-state index in [1.807, 2.05) is 0 Å². The van der Waals surface area contributed by atoms with E-state index in [1.54, 1.807) is 0 Å². The third kappa shape index (κ3) is 2.03. The molecular formula is C6H8F2NO2-. The molecule has 1 aliphatic heterocycles. The number of alkyl halides is 2. The molecule has 64 valence electrons. The van der Waals surface area contributed by atoms with E-state index in [-0.39, 0.29) is 25.9 Å². The lowest BCUT2D eigenvalue weighted by atomic mass is 10.1. The molecule has 0 spiro atoms. The van der Waals surface area contributed by atoms with Crippen LogP contribution in [0.15, 0.2) is 0 Å². The summed E-state index contributed by atoms with van der Waals surface area (Å²) in [6.45, 7) is -0.231. The summed E-state index contributed by atoms with van der Waals surface area (Å²) in [6.07, 6.45) is -2.14. The fraction of sp³-hybridized carbons (Fsp3) is 0.833. The smallest absolute Gasteiger partial charge is 0.251 e. The van der Waals surface area contributed by atoms with Crippen LogP contribution in [0.25, 0.3) is 0 Å². The normalized spacial score (nSPS) is 23.3. The molecule has 0 aromatic rings. The summed E-state index contributed by atoms with van der Waals surface area (Å²) in [4.78, 5) is 11.0. The number of hydrogen-bond donors (Lipinski definition) is 0. The van der Waals surface area contributed by atoms with Crippen LogP contribution in [0.5, 0.6) is 0 Å². The van der Waals surface area contributed by atoms with Crippen molar-refractivity contribution in [1.82, 2.24) is 4.90 Å². The van der Waals surface area contributed by atoms with Crippen LogP contribution < -0.4 is 5.11 Å². The molecule has 1 saturated heterocycles. The first-order valence-corrected chi connectivity index (χ1v) is 3.35. The third-order valence-corrected chi connectivity index (χ3v) is 1.75. The number of rotatable bonds is 0. The maximum absolute atomic E-state index is 12.4. The van der Waals surface area contributed by atoms with Crippen molar-refractivity contribution >= 4 is 6.09 Å². The molecule has 0 atom stereocenters. The summed E-state index contributed by atoms with van der Waals surface area (Å²) in [5.41, 5.74) is 0. The zero-order chi connectivity index (χ0) is 8.48. The van der Waals surface area contributed by atoms with Crippen LogP contribution >= 0.6 is 0 Å². The first-order valence-electron chi connectivity index (χ1n) is 3.35. The predicted octanol–water partition coefficient (Wildman–Crippen LogP) is 0.0608. The van der Waals surface area contributed by atoms with E-state index in [0.29, 0.717) is 0 Å². The van der Waals surface area contributed by atoms with Crippen molar-refractivity contribution < 1.29 is 18.7 Å².